The van der Waals surface area contributed by atoms with E-state index in [4.69, 9.17) is 0 Å². The lowest BCUT2D eigenvalue weighted by molar-refractivity contribution is -0.384. The molecule has 1 atom stereocenters. The molecule has 4 aromatic rings. The van der Waals surface area contributed by atoms with Crippen LogP contribution in [0.3, 0.4) is 0 Å². The van der Waals surface area contributed by atoms with Gasteiger partial charge in [0.2, 0.25) is 0 Å². The van der Waals surface area contributed by atoms with E-state index >= 15 is 0 Å². The number of anilines is 2. The summed E-state index contributed by atoms with van der Waals surface area (Å²) < 4.78 is 16.4. The summed E-state index contributed by atoms with van der Waals surface area (Å²) in [6.07, 6.45) is 3.46. The van der Waals surface area contributed by atoms with Gasteiger partial charge in [-0.15, -0.1) is 22.7 Å². The molecule has 33 heavy (non-hydrogen) atoms. The van der Waals surface area contributed by atoms with E-state index in [1.54, 1.807) is 24.5 Å². The first kappa shape index (κ1) is 23.2. The van der Waals surface area contributed by atoms with Crippen molar-refractivity contribution in [1.29, 1.82) is 0 Å². The first-order valence-electron chi connectivity index (χ1n) is 9.91. The van der Waals surface area contributed by atoms with Gasteiger partial charge in [-0.3, -0.25) is 10.1 Å². The monoisotopic (exact) mass is 499 g/mol. The molecule has 0 aliphatic heterocycles. The van der Waals surface area contributed by atoms with Crippen molar-refractivity contribution in [1.82, 2.24) is 14.7 Å². The molecule has 11 heteroatoms. The van der Waals surface area contributed by atoms with Crippen molar-refractivity contribution < 1.29 is 9.13 Å². The smallest absolute Gasteiger partial charge is 0.269 e. The summed E-state index contributed by atoms with van der Waals surface area (Å²) in [4.78, 5) is 20.7. The number of rotatable bonds is 7. The van der Waals surface area contributed by atoms with Gasteiger partial charge in [0.25, 0.3) is 5.69 Å². The quantitative estimate of drug-likeness (QED) is 0.238. The summed E-state index contributed by atoms with van der Waals surface area (Å²) in [5.41, 5.74) is 2.06. The van der Waals surface area contributed by atoms with E-state index in [0.29, 0.717) is 4.90 Å². The minimum atomic E-state index is -1.47. The number of thiazole rings is 2. The molecule has 0 saturated heterocycles. The lowest BCUT2D eigenvalue weighted by atomic mass is 10.1. The minimum Gasteiger partial charge on any atom is -0.332 e. The molecule has 0 aliphatic carbocycles. The van der Waals surface area contributed by atoms with Crippen LogP contribution in [0, 0.1) is 10.1 Å². The highest BCUT2D eigenvalue weighted by Crippen LogP contribution is 2.37. The van der Waals surface area contributed by atoms with Gasteiger partial charge in [-0.25, -0.2) is 18.9 Å². The third-order valence-corrected chi connectivity index (χ3v) is 7.66. The van der Waals surface area contributed by atoms with E-state index in [9.17, 15) is 14.3 Å². The highest BCUT2D eigenvalue weighted by molar-refractivity contribution is 7.83. The summed E-state index contributed by atoms with van der Waals surface area (Å²) >= 11 is 2.92. The van der Waals surface area contributed by atoms with Crippen LogP contribution in [0.25, 0.3) is 21.0 Å². The van der Waals surface area contributed by atoms with Crippen molar-refractivity contribution in [2.45, 2.75) is 31.2 Å². The van der Waals surface area contributed by atoms with E-state index in [1.165, 1.54) is 34.8 Å². The summed E-state index contributed by atoms with van der Waals surface area (Å²) in [7, 11) is -1.47. The number of nitro benzene ring substituents is 1. The van der Waals surface area contributed by atoms with Gasteiger partial charge in [0, 0.05) is 52.3 Å². The van der Waals surface area contributed by atoms with Gasteiger partial charge in [-0.2, -0.15) is 0 Å². The second-order valence-corrected chi connectivity index (χ2v) is 11.2. The van der Waals surface area contributed by atoms with E-state index in [1.807, 2.05) is 44.4 Å². The van der Waals surface area contributed by atoms with Gasteiger partial charge in [0.05, 0.1) is 14.7 Å². The van der Waals surface area contributed by atoms with Crippen LogP contribution >= 0.6 is 22.7 Å². The SMILES string of the molecule is CC(C)(C)NS(=O)c1cc(Nc2nccs2)ccc1-c1cnc(-c2ccc([N+](=O)[O-])cc2)s1. The van der Waals surface area contributed by atoms with Crippen LogP contribution in [0.15, 0.2) is 65.1 Å². The fraction of sp³-hybridized carbons (Fsp3) is 0.182. The second-order valence-electron chi connectivity index (χ2n) is 8.13. The molecule has 1 unspecified atom stereocenters. The molecule has 0 bridgehead atoms. The highest BCUT2D eigenvalue weighted by atomic mass is 32.2. The van der Waals surface area contributed by atoms with E-state index < -0.39 is 15.9 Å². The predicted octanol–water partition coefficient (Wildman–Crippen LogP) is 6.00. The number of nitro groups is 1. The fourth-order valence-electron chi connectivity index (χ4n) is 2.96. The maximum atomic E-state index is 13.3. The van der Waals surface area contributed by atoms with Crippen molar-refractivity contribution in [3.63, 3.8) is 0 Å². The molecule has 0 spiro atoms. The summed E-state index contributed by atoms with van der Waals surface area (Å²) in [6, 6.07) is 12.0. The number of benzene rings is 2. The molecule has 0 aliphatic rings. The van der Waals surface area contributed by atoms with Crippen LogP contribution in [0.5, 0.6) is 0 Å². The molecular formula is C22H21N5O3S3. The van der Waals surface area contributed by atoms with Crippen LogP contribution in [0.2, 0.25) is 0 Å². The first-order chi connectivity index (χ1) is 15.7. The molecule has 8 nitrogen and oxygen atoms in total. The Morgan fingerprint density at radius 3 is 2.48 bits per heavy atom. The standard InChI is InChI=1S/C22H21N5O3S3/c1-22(2,3)26-33(30)19-12-15(25-21-23-10-11-31-21)6-9-17(19)18-13-24-20(32-18)14-4-7-16(8-5-14)27(28)29/h4-13,26H,1-3H3,(H,23,25). The second kappa shape index (κ2) is 9.48. The average molecular weight is 500 g/mol. The summed E-state index contributed by atoms with van der Waals surface area (Å²) in [5, 5.41) is 17.5. The van der Waals surface area contributed by atoms with Crippen LogP contribution in [0.1, 0.15) is 20.8 Å². The molecule has 170 valence electrons. The van der Waals surface area contributed by atoms with Gasteiger partial charge in [0.1, 0.15) is 16.0 Å². The first-order valence-corrected chi connectivity index (χ1v) is 12.8. The number of nitrogens with one attached hydrogen (secondary N) is 2. The van der Waals surface area contributed by atoms with Gasteiger partial charge < -0.3 is 5.32 Å². The van der Waals surface area contributed by atoms with E-state index in [0.717, 1.165) is 31.8 Å². The molecular weight excluding hydrogens is 478 g/mol. The predicted molar refractivity (Wildman–Crippen MR) is 134 cm³/mol. The zero-order chi connectivity index (χ0) is 23.6. The average Bonchev–Trinajstić information content (AvgIpc) is 3.45. The minimum absolute atomic E-state index is 0.0322. The third kappa shape index (κ3) is 5.69. The Hall–Kier alpha value is -2.99. The highest BCUT2D eigenvalue weighted by Gasteiger charge is 2.20. The summed E-state index contributed by atoms with van der Waals surface area (Å²) in [5.74, 6) is 0. The molecule has 0 amide bonds. The van der Waals surface area contributed by atoms with Crippen molar-refractivity contribution in [2.24, 2.45) is 0 Å². The largest absolute Gasteiger partial charge is 0.332 e. The zero-order valence-corrected chi connectivity index (χ0v) is 20.5. The molecule has 2 aromatic carbocycles. The van der Waals surface area contributed by atoms with Crippen LogP contribution in [-0.2, 0) is 11.0 Å². The molecule has 2 heterocycles. The Balaban J connectivity index is 1.70. The molecule has 2 aromatic heterocycles. The lowest BCUT2D eigenvalue weighted by Gasteiger charge is -2.21. The van der Waals surface area contributed by atoms with Gasteiger partial charge in [-0.1, -0.05) is 6.07 Å². The third-order valence-electron chi connectivity index (χ3n) is 4.36. The van der Waals surface area contributed by atoms with Gasteiger partial charge in [0.15, 0.2) is 5.13 Å². The molecule has 0 radical (unpaired) electrons. The molecule has 0 fully saturated rings. The molecule has 0 saturated carbocycles. The number of nitrogens with zero attached hydrogens (tertiary/aromatic N) is 3. The van der Waals surface area contributed by atoms with Crippen molar-refractivity contribution in [3.05, 3.63) is 70.4 Å². The zero-order valence-electron chi connectivity index (χ0n) is 18.1. The number of hydrogen-bond acceptors (Lipinski definition) is 8. The maximum Gasteiger partial charge on any atom is 0.269 e. The Bertz CT molecular complexity index is 1300. The van der Waals surface area contributed by atoms with Crippen molar-refractivity contribution in [3.8, 4) is 21.0 Å². The van der Waals surface area contributed by atoms with E-state index in [-0.39, 0.29) is 11.2 Å². The number of aromatic nitrogens is 2. The van der Waals surface area contributed by atoms with Gasteiger partial charge >= 0.3 is 0 Å². The van der Waals surface area contributed by atoms with Gasteiger partial charge in [-0.05, 0) is 45.0 Å². The maximum absolute atomic E-state index is 13.3. The number of non-ortho nitro benzene ring substituents is 1. The topological polar surface area (TPSA) is 110 Å². The normalized spacial score (nSPS) is 12.5. The molecule has 2 N–H and O–H groups in total. The molecule has 4 rings (SSSR count). The Morgan fingerprint density at radius 1 is 1.09 bits per heavy atom. The van der Waals surface area contributed by atoms with Crippen LogP contribution in [-0.4, -0.2) is 24.6 Å². The fourth-order valence-corrected chi connectivity index (χ4v) is 5.81. The number of hydrogen-bond donors (Lipinski definition) is 2. The van der Waals surface area contributed by atoms with Crippen LogP contribution in [0.4, 0.5) is 16.5 Å². The van der Waals surface area contributed by atoms with Crippen LogP contribution < -0.4 is 10.0 Å². The van der Waals surface area contributed by atoms with Crippen molar-refractivity contribution >= 4 is 50.2 Å². The Kier molecular flexibility index (Phi) is 6.66. The van der Waals surface area contributed by atoms with E-state index in [2.05, 4.69) is 20.0 Å². The Labute approximate surface area is 201 Å². The Morgan fingerprint density at radius 2 is 1.85 bits per heavy atom. The van der Waals surface area contributed by atoms with Crippen molar-refractivity contribution in [2.75, 3.05) is 5.32 Å². The summed E-state index contributed by atoms with van der Waals surface area (Å²) in [6.45, 7) is 5.88. The lowest BCUT2D eigenvalue weighted by Crippen LogP contribution is -2.37.